The standard InChI is InChI=1S/C16H20O3/c1-5-14(17)15(16(18)19-6-2)12(4)13-10-8-7-9-11(13)3/h7-10H,5-6H2,1-4H3/b15-12+. The van der Waals surface area contributed by atoms with Gasteiger partial charge >= 0.3 is 5.97 Å². The van der Waals surface area contributed by atoms with Gasteiger partial charge in [-0.3, -0.25) is 4.79 Å². The van der Waals surface area contributed by atoms with Crippen molar-refractivity contribution in [3.63, 3.8) is 0 Å². The maximum Gasteiger partial charge on any atom is 0.342 e. The van der Waals surface area contributed by atoms with Gasteiger partial charge in [-0.2, -0.15) is 0 Å². The molecular formula is C16H20O3. The lowest BCUT2D eigenvalue weighted by atomic mass is 9.94. The SMILES string of the molecule is CCOC(=O)/C(C(=O)CC)=C(\C)c1ccccc1C. The molecule has 19 heavy (non-hydrogen) atoms. The number of ketones is 1. The molecule has 0 N–H and O–H groups in total. The van der Waals surface area contributed by atoms with Crippen LogP contribution in [0.3, 0.4) is 0 Å². The number of allylic oxidation sites excluding steroid dienone is 1. The zero-order valence-corrected chi connectivity index (χ0v) is 11.9. The van der Waals surface area contributed by atoms with Crippen LogP contribution < -0.4 is 0 Å². The highest BCUT2D eigenvalue weighted by atomic mass is 16.5. The molecule has 102 valence electrons. The van der Waals surface area contributed by atoms with E-state index in [0.717, 1.165) is 11.1 Å². The third-order valence-corrected chi connectivity index (χ3v) is 3.00. The summed E-state index contributed by atoms with van der Waals surface area (Å²) in [7, 11) is 0. The third-order valence-electron chi connectivity index (χ3n) is 3.00. The van der Waals surface area contributed by atoms with E-state index in [9.17, 15) is 9.59 Å². The molecule has 0 aliphatic heterocycles. The molecule has 0 aliphatic carbocycles. The van der Waals surface area contributed by atoms with Gasteiger partial charge in [0.1, 0.15) is 5.57 Å². The van der Waals surface area contributed by atoms with Gasteiger partial charge in [0.05, 0.1) is 6.61 Å². The van der Waals surface area contributed by atoms with Crippen LogP contribution in [0.1, 0.15) is 38.3 Å². The fourth-order valence-electron chi connectivity index (χ4n) is 1.98. The number of carbonyl (C=O) groups is 2. The van der Waals surface area contributed by atoms with Crippen LogP contribution in [0, 0.1) is 6.92 Å². The zero-order valence-electron chi connectivity index (χ0n) is 11.9. The highest BCUT2D eigenvalue weighted by molar-refractivity contribution is 6.22. The van der Waals surface area contributed by atoms with Gasteiger partial charge < -0.3 is 4.74 Å². The Bertz CT molecular complexity index is 512. The lowest BCUT2D eigenvalue weighted by Crippen LogP contribution is -2.17. The van der Waals surface area contributed by atoms with Gasteiger partial charge in [-0.25, -0.2) is 4.79 Å². The second-order valence-corrected chi connectivity index (χ2v) is 4.31. The Morgan fingerprint density at radius 1 is 1.16 bits per heavy atom. The highest BCUT2D eigenvalue weighted by Gasteiger charge is 2.22. The molecule has 0 bridgehead atoms. The second-order valence-electron chi connectivity index (χ2n) is 4.31. The fourth-order valence-corrected chi connectivity index (χ4v) is 1.98. The molecule has 0 amide bonds. The quantitative estimate of drug-likeness (QED) is 0.353. The van der Waals surface area contributed by atoms with Gasteiger partial charge in [-0.05, 0) is 37.5 Å². The van der Waals surface area contributed by atoms with Crippen LogP contribution in [0.4, 0.5) is 0 Å². The predicted molar refractivity (Wildman–Crippen MR) is 75.7 cm³/mol. The highest BCUT2D eigenvalue weighted by Crippen LogP contribution is 2.23. The number of aryl methyl sites for hydroxylation is 1. The Morgan fingerprint density at radius 3 is 2.32 bits per heavy atom. The first-order chi connectivity index (χ1) is 9.02. The Labute approximate surface area is 114 Å². The summed E-state index contributed by atoms with van der Waals surface area (Å²) in [5.41, 5.74) is 2.79. The van der Waals surface area contributed by atoms with Crippen LogP contribution >= 0.6 is 0 Å². The van der Waals surface area contributed by atoms with Crippen molar-refractivity contribution in [2.24, 2.45) is 0 Å². The molecule has 0 unspecified atom stereocenters. The van der Waals surface area contributed by atoms with Crippen LogP contribution in [0.2, 0.25) is 0 Å². The second kappa shape index (κ2) is 6.88. The van der Waals surface area contributed by atoms with Crippen molar-refractivity contribution >= 4 is 17.3 Å². The molecular weight excluding hydrogens is 240 g/mol. The summed E-state index contributed by atoms with van der Waals surface area (Å²) in [6.07, 6.45) is 0.289. The molecule has 1 aromatic carbocycles. The van der Waals surface area contributed by atoms with Crippen molar-refractivity contribution in [2.45, 2.75) is 34.1 Å². The fraction of sp³-hybridized carbons (Fsp3) is 0.375. The molecule has 0 fully saturated rings. The van der Waals surface area contributed by atoms with E-state index < -0.39 is 5.97 Å². The Morgan fingerprint density at radius 2 is 1.79 bits per heavy atom. The van der Waals surface area contributed by atoms with Crippen molar-refractivity contribution < 1.29 is 14.3 Å². The van der Waals surface area contributed by atoms with Crippen LogP contribution in [-0.2, 0) is 14.3 Å². The first-order valence-corrected chi connectivity index (χ1v) is 6.50. The maximum atomic E-state index is 12.0. The van der Waals surface area contributed by atoms with Crippen LogP contribution in [-0.4, -0.2) is 18.4 Å². The summed E-state index contributed by atoms with van der Waals surface area (Å²) in [6.45, 7) is 7.49. The normalized spacial score (nSPS) is 11.8. The summed E-state index contributed by atoms with van der Waals surface area (Å²) in [4.78, 5) is 24.0. The molecule has 0 atom stereocenters. The van der Waals surface area contributed by atoms with Crippen LogP contribution in [0.5, 0.6) is 0 Å². The summed E-state index contributed by atoms with van der Waals surface area (Å²) in [5.74, 6) is -0.714. The Hall–Kier alpha value is -1.90. The topological polar surface area (TPSA) is 43.4 Å². The van der Waals surface area contributed by atoms with E-state index in [1.165, 1.54) is 0 Å². The third kappa shape index (κ3) is 3.53. The minimum Gasteiger partial charge on any atom is -0.462 e. The Balaban J connectivity index is 3.36. The van der Waals surface area contributed by atoms with E-state index >= 15 is 0 Å². The van der Waals surface area contributed by atoms with Crippen LogP contribution in [0.25, 0.3) is 5.57 Å². The number of hydrogen-bond donors (Lipinski definition) is 0. The van der Waals surface area contributed by atoms with E-state index in [1.807, 2.05) is 31.2 Å². The van der Waals surface area contributed by atoms with Gasteiger partial charge in [-0.1, -0.05) is 31.2 Å². The minimum absolute atomic E-state index is 0.165. The van der Waals surface area contributed by atoms with Crippen molar-refractivity contribution in [1.82, 2.24) is 0 Å². The molecule has 0 heterocycles. The number of ether oxygens (including phenoxy) is 1. The first kappa shape index (κ1) is 15.2. The molecule has 3 heteroatoms. The number of carbonyl (C=O) groups excluding carboxylic acids is 2. The zero-order chi connectivity index (χ0) is 14.4. The average molecular weight is 260 g/mol. The lowest BCUT2D eigenvalue weighted by Gasteiger charge is -2.12. The molecule has 0 radical (unpaired) electrons. The monoisotopic (exact) mass is 260 g/mol. The first-order valence-electron chi connectivity index (χ1n) is 6.50. The minimum atomic E-state index is -0.532. The molecule has 1 aromatic rings. The van der Waals surface area contributed by atoms with Crippen molar-refractivity contribution in [2.75, 3.05) is 6.61 Å². The van der Waals surface area contributed by atoms with E-state index in [-0.39, 0.29) is 24.4 Å². The van der Waals surface area contributed by atoms with Crippen LogP contribution in [0.15, 0.2) is 29.8 Å². The van der Waals surface area contributed by atoms with E-state index in [0.29, 0.717) is 5.57 Å². The number of hydrogen-bond acceptors (Lipinski definition) is 3. The molecule has 3 nitrogen and oxygen atoms in total. The van der Waals surface area contributed by atoms with E-state index in [1.54, 1.807) is 20.8 Å². The summed E-state index contributed by atoms with van der Waals surface area (Å²) in [5, 5.41) is 0. The molecule has 0 saturated heterocycles. The molecule has 0 spiro atoms. The number of esters is 1. The molecule has 0 aromatic heterocycles. The maximum absolute atomic E-state index is 12.0. The molecule has 1 rings (SSSR count). The smallest absolute Gasteiger partial charge is 0.342 e. The summed E-state index contributed by atoms with van der Waals surface area (Å²) < 4.78 is 4.99. The van der Waals surface area contributed by atoms with Gasteiger partial charge in [0.15, 0.2) is 5.78 Å². The number of Topliss-reactive ketones (excluding diaryl/α,β-unsaturated/α-hetero) is 1. The Kier molecular flexibility index (Phi) is 5.49. The average Bonchev–Trinajstić information content (AvgIpc) is 2.39. The largest absolute Gasteiger partial charge is 0.462 e. The molecule has 0 saturated carbocycles. The molecule has 0 aliphatic rings. The van der Waals surface area contributed by atoms with Crippen molar-refractivity contribution in [1.29, 1.82) is 0 Å². The van der Waals surface area contributed by atoms with Gasteiger partial charge in [0, 0.05) is 6.42 Å². The number of benzene rings is 1. The van der Waals surface area contributed by atoms with Gasteiger partial charge in [0.25, 0.3) is 0 Å². The summed E-state index contributed by atoms with van der Waals surface area (Å²) >= 11 is 0. The lowest BCUT2D eigenvalue weighted by molar-refractivity contribution is -0.139. The van der Waals surface area contributed by atoms with Crippen molar-refractivity contribution in [3.8, 4) is 0 Å². The van der Waals surface area contributed by atoms with Crippen molar-refractivity contribution in [3.05, 3.63) is 41.0 Å². The van der Waals surface area contributed by atoms with Gasteiger partial charge in [-0.15, -0.1) is 0 Å². The summed E-state index contributed by atoms with van der Waals surface area (Å²) in [6, 6.07) is 7.69. The number of rotatable bonds is 5. The van der Waals surface area contributed by atoms with Gasteiger partial charge in [0.2, 0.25) is 0 Å². The van der Waals surface area contributed by atoms with E-state index in [2.05, 4.69) is 0 Å². The predicted octanol–water partition coefficient (Wildman–Crippen LogP) is 3.31. The van der Waals surface area contributed by atoms with E-state index in [4.69, 9.17) is 4.74 Å².